The normalized spacial score (nSPS) is 16.6. The zero-order valence-electron chi connectivity index (χ0n) is 16.4. The van der Waals surface area contributed by atoms with Crippen LogP contribution < -0.4 is 25.0 Å². The van der Waals surface area contributed by atoms with Crippen molar-refractivity contribution in [1.29, 1.82) is 0 Å². The molecule has 1 heterocycles. The summed E-state index contributed by atoms with van der Waals surface area (Å²) in [7, 11) is 3.11. The van der Waals surface area contributed by atoms with Gasteiger partial charge in [0.1, 0.15) is 0 Å². The Hall–Kier alpha value is -2.48. The predicted octanol–water partition coefficient (Wildman–Crippen LogP) is 1.92. The molecule has 0 unspecified atom stereocenters. The van der Waals surface area contributed by atoms with E-state index in [-0.39, 0.29) is 30.5 Å². The number of benzene rings is 1. The third kappa shape index (κ3) is 6.02. The summed E-state index contributed by atoms with van der Waals surface area (Å²) < 4.78 is 15.9. The molecule has 0 spiro atoms. The molecule has 8 nitrogen and oxygen atoms in total. The second kappa shape index (κ2) is 10.0. The number of rotatable bonds is 9. The third-order valence-corrected chi connectivity index (χ3v) is 4.20. The number of hydrogen-bond acceptors (Lipinski definition) is 5. The Morgan fingerprint density at radius 2 is 2.00 bits per heavy atom. The molecular weight excluding hydrogens is 350 g/mol. The molecule has 0 bridgehead atoms. The Labute approximate surface area is 160 Å². The molecule has 1 aliphatic rings. The van der Waals surface area contributed by atoms with Crippen molar-refractivity contribution in [2.45, 2.75) is 38.8 Å². The molecule has 2 N–H and O–H groups in total. The lowest BCUT2D eigenvalue weighted by atomic mass is 10.2. The van der Waals surface area contributed by atoms with Gasteiger partial charge >= 0.3 is 6.03 Å². The highest BCUT2D eigenvalue weighted by Gasteiger charge is 2.32. The highest BCUT2D eigenvalue weighted by atomic mass is 16.5. The minimum Gasteiger partial charge on any atom is -0.493 e. The first kappa shape index (κ1) is 20.8. The van der Waals surface area contributed by atoms with Crippen LogP contribution in [0.25, 0.3) is 0 Å². The molecule has 0 aliphatic carbocycles. The number of methoxy groups -OCH3 is 2. The van der Waals surface area contributed by atoms with Gasteiger partial charge in [0, 0.05) is 37.9 Å². The number of carbonyl (C=O) groups is 2. The molecule has 1 aromatic rings. The fraction of sp³-hybridized carbons (Fsp3) is 0.579. The van der Waals surface area contributed by atoms with Crippen LogP contribution in [0.5, 0.6) is 11.5 Å². The Balaban J connectivity index is 1.83. The van der Waals surface area contributed by atoms with Crippen molar-refractivity contribution in [2.24, 2.45) is 0 Å². The smallest absolute Gasteiger partial charge is 0.315 e. The second-order valence-corrected chi connectivity index (χ2v) is 6.62. The van der Waals surface area contributed by atoms with Crippen LogP contribution >= 0.6 is 0 Å². The van der Waals surface area contributed by atoms with Gasteiger partial charge in [-0.1, -0.05) is 0 Å². The van der Waals surface area contributed by atoms with E-state index in [1.807, 2.05) is 13.8 Å². The van der Waals surface area contributed by atoms with Crippen LogP contribution in [-0.4, -0.2) is 58.0 Å². The average molecular weight is 379 g/mol. The van der Waals surface area contributed by atoms with Crippen molar-refractivity contribution in [1.82, 2.24) is 10.6 Å². The molecule has 8 heteroatoms. The Morgan fingerprint density at radius 1 is 1.26 bits per heavy atom. The predicted molar refractivity (Wildman–Crippen MR) is 103 cm³/mol. The van der Waals surface area contributed by atoms with Gasteiger partial charge in [-0.3, -0.25) is 4.79 Å². The molecule has 1 atom stereocenters. The molecule has 150 valence electrons. The van der Waals surface area contributed by atoms with E-state index in [9.17, 15) is 9.59 Å². The lowest BCUT2D eigenvalue weighted by Crippen LogP contribution is -2.43. The summed E-state index contributed by atoms with van der Waals surface area (Å²) in [4.78, 5) is 26.0. The van der Waals surface area contributed by atoms with Crippen molar-refractivity contribution >= 4 is 17.6 Å². The van der Waals surface area contributed by atoms with Crippen LogP contribution in [-0.2, 0) is 9.53 Å². The summed E-state index contributed by atoms with van der Waals surface area (Å²) in [5.74, 6) is 1.11. The number of anilines is 1. The molecular formula is C19H29N3O5. The van der Waals surface area contributed by atoms with Gasteiger partial charge in [-0.05, 0) is 32.4 Å². The first-order valence-corrected chi connectivity index (χ1v) is 9.13. The van der Waals surface area contributed by atoms with Crippen LogP contribution in [0.4, 0.5) is 10.5 Å². The highest BCUT2D eigenvalue weighted by Crippen LogP contribution is 2.33. The van der Waals surface area contributed by atoms with Crippen LogP contribution in [0.3, 0.4) is 0 Å². The molecule has 1 aromatic carbocycles. The van der Waals surface area contributed by atoms with Crippen molar-refractivity contribution < 1.29 is 23.8 Å². The maximum atomic E-state index is 12.3. The van der Waals surface area contributed by atoms with Crippen LogP contribution in [0.1, 0.15) is 26.7 Å². The topological polar surface area (TPSA) is 89.1 Å². The summed E-state index contributed by atoms with van der Waals surface area (Å²) >= 11 is 0. The van der Waals surface area contributed by atoms with E-state index in [1.54, 1.807) is 37.3 Å². The minimum absolute atomic E-state index is 0.0437. The molecule has 1 fully saturated rings. The summed E-state index contributed by atoms with van der Waals surface area (Å²) in [6, 6.07) is 4.81. The molecule has 2 rings (SSSR count). The number of nitrogens with one attached hydrogen (secondary N) is 2. The Morgan fingerprint density at radius 3 is 2.67 bits per heavy atom. The van der Waals surface area contributed by atoms with E-state index in [4.69, 9.17) is 14.2 Å². The molecule has 0 saturated carbocycles. The fourth-order valence-corrected chi connectivity index (χ4v) is 2.88. The van der Waals surface area contributed by atoms with E-state index < -0.39 is 0 Å². The van der Waals surface area contributed by atoms with Gasteiger partial charge in [0.05, 0.1) is 26.4 Å². The number of nitrogens with zero attached hydrogens (tertiary/aromatic N) is 1. The SMILES string of the molecule is COc1ccc(N2C[C@@H](NC(=O)NCCCOC(C)C)CC2=O)cc1OC. The van der Waals surface area contributed by atoms with E-state index in [2.05, 4.69) is 10.6 Å². The summed E-state index contributed by atoms with van der Waals surface area (Å²) in [5, 5.41) is 5.64. The van der Waals surface area contributed by atoms with Crippen molar-refractivity contribution in [3.8, 4) is 11.5 Å². The standard InChI is InChI=1S/C19H29N3O5/c1-13(2)27-9-5-8-20-19(24)21-14-10-18(23)22(12-14)15-6-7-16(25-3)17(11-15)26-4/h6-7,11,13-14H,5,8-10,12H2,1-4H3,(H2,20,21,24)/t14-/m0/s1. The lowest BCUT2D eigenvalue weighted by Gasteiger charge is -2.19. The van der Waals surface area contributed by atoms with E-state index >= 15 is 0 Å². The highest BCUT2D eigenvalue weighted by molar-refractivity contribution is 5.97. The van der Waals surface area contributed by atoms with Gasteiger partial charge in [-0.25, -0.2) is 4.79 Å². The molecule has 1 aliphatic heterocycles. The lowest BCUT2D eigenvalue weighted by molar-refractivity contribution is -0.117. The van der Waals surface area contributed by atoms with Crippen LogP contribution in [0.2, 0.25) is 0 Å². The number of hydrogen-bond donors (Lipinski definition) is 2. The van der Waals surface area contributed by atoms with Crippen molar-refractivity contribution in [3.63, 3.8) is 0 Å². The molecule has 27 heavy (non-hydrogen) atoms. The monoisotopic (exact) mass is 379 g/mol. The van der Waals surface area contributed by atoms with Gasteiger partial charge in [0.15, 0.2) is 11.5 Å². The van der Waals surface area contributed by atoms with E-state index in [0.717, 1.165) is 6.42 Å². The quantitative estimate of drug-likeness (QED) is 0.640. The zero-order valence-corrected chi connectivity index (χ0v) is 16.4. The Kier molecular flexibility index (Phi) is 7.72. The van der Waals surface area contributed by atoms with Gasteiger partial charge in [-0.15, -0.1) is 0 Å². The van der Waals surface area contributed by atoms with Crippen LogP contribution in [0.15, 0.2) is 18.2 Å². The van der Waals surface area contributed by atoms with Gasteiger partial charge in [0.25, 0.3) is 0 Å². The van der Waals surface area contributed by atoms with Crippen molar-refractivity contribution in [2.75, 3.05) is 38.8 Å². The maximum absolute atomic E-state index is 12.3. The number of amides is 3. The summed E-state index contributed by atoms with van der Waals surface area (Å²) in [5.41, 5.74) is 0.716. The number of carbonyl (C=O) groups excluding carboxylic acids is 2. The molecule has 0 radical (unpaired) electrons. The summed E-state index contributed by atoms with van der Waals surface area (Å²) in [6.07, 6.45) is 1.19. The van der Waals surface area contributed by atoms with E-state index in [1.165, 1.54) is 0 Å². The van der Waals surface area contributed by atoms with Crippen LogP contribution in [0, 0.1) is 0 Å². The summed E-state index contributed by atoms with van der Waals surface area (Å²) in [6.45, 7) is 5.49. The van der Waals surface area contributed by atoms with Gasteiger partial charge in [-0.2, -0.15) is 0 Å². The first-order valence-electron chi connectivity index (χ1n) is 9.13. The average Bonchev–Trinajstić information content (AvgIpc) is 3.00. The zero-order chi connectivity index (χ0) is 19.8. The molecule has 0 aromatic heterocycles. The second-order valence-electron chi connectivity index (χ2n) is 6.62. The largest absolute Gasteiger partial charge is 0.493 e. The van der Waals surface area contributed by atoms with Gasteiger partial charge < -0.3 is 29.7 Å². The maximum Gasteiger partial charge on any atom is 0.315 e. The first-order chi connectivity index (χ1) is 12.9. The van der Waals surface area contributed by atoms with Crippen molar-refractivity contribution in [3.05, 3.63) is 18.2 Å². The molecule has 3 amide bonds. The molecule has 1 saturated heterocycles. The van der Waals surface area contributed by atoms with Gasteiger partial charge in [0.2, 0.25) is 5.91 Å². The fourth-order valence-electron chi connectivity index (χ4n) is 2.88. The van der Waals surface area contributed by atoms with E-state index in [0.29, 0.717) is 36.9 Å². The number of urea groups is 1. The minimum atomic E-state index is -0.272. The number of ether oxygens (including phenoxy) is 3. The Bertz CT molecular complexity index is 650. The third-order valence-electron chi connectivity index (χ3n) is 4.20.